The molecule has 0 spiro atoms. The maximum absolute atomic E-state index is 3.89. The summed E-state index contributed by atoms with van der Waals surface area (Å²) in [4.78, 5) is 3.89. The Hall–Kier alpha value is -1.83. The Morgan fingerprint density at radius 3 is 2.71 bits per heavy atom. The molecule has 1 rings (SSSR count). The third kappa shape index (κ3) is 2.33. The first-order chi connectivity index (χ1) is 6.67. The Balaban J connectivity index is 3.07. The maximum atomic E-state index is 3.89. The highest BCUT2D eigenvalue weighted by Gasteiger charge is 1.98. The fraction of sp³-hybridized carbons (Fsp3) is 0.0833. The third-order valence-electron chi connectivity index (χ3n) is 1.78. The van der Waals surface area contributed by atoms with E-state index >= 15 is 0 Å². The van der Waals surface area contributed by atoms with Gasteiger partial charge in [-0.05, 0) is 31.8 Å². The molecule has 0 radical (unpaired) electrons. The molecule has 1 aromatic carbocycles. The van der Waals surface area contributed by atoms with E-state index in [1.165, 1.54) is 0 Å². The van der Waals surface area contributed by atoms with Gasteiger partial charge in [0.25, 0.3) is 0 Å². The quantitative estimate of drug-likeness (QED) is 0.714. The molecule has 0 aliphatic heterocycles. The van der Waals surface area contributed by atoms with E-state index in [0.29, 0.717) is 0 Å². The minimum Gasteiger partial charge on any atom is -0.360 e. The van der Waals surface area contributed by atoms with Crippen molar-refractivity contribution in [2.75, 3.05) is 5.32 Å². The Labute approximate surface area is 84.7 Å². The van der Waals surface area contributed by atoms with E-state index < -0.39 is 0 Å². The van der Waals surface area contributed by atoms with Crippen molar-refractivity contribution >= 4 is 24.2 Å². The summed E-state index contributed by atoms with van der Waals surface area (Å²) >= 11 is 0. The predicted molar refractivity (Wildman–Crippen MR) is 64.2 cm³/mol. The van der Waals surface area contributed by atoms with E-state index in [2.05, 4.69) is 30.2 Å². The molecule has 0 fully saturated rings. The van der Waals surface area contributed by atoms with Crippen LogP contribution in [0.25, 0.3) is 6.08 Å². The Morgan fingerprint density at radius 1 is 1.50 bits per heavy atom. The van der Waals surface area contributed by atoms with Crippen LogP contribution in [0.5, 0.6) is 0 Å². The first-order valence-electron chi connectivity index (χ1n) is 4.33. The number of rotatable bonds is 4. The Kier molecular flexibility index (Phi) is 3.24. The maximum Gasteiger partial charge on any atom is 0.0696 e. The average Bonchev–Trinajstić information content (AvgIpc) is 2.16. The summed E-state index contributed by atoms with van der Waals surface area (Å²) in [6.07, 6.45) is 1.76. The molecule has 0 amide bonds. The van der Waals surface area contributed by atoms with Crippen molar-refractivity contribution in [3.8, 4) is 0 Å². The smallest absolute Gasteiger partial charge is 0.0696 e. The van der Waals surface area contributed by atoms with Crippen LogP contribution in [0.15, 0.2) is 42.0 Å². The van der Waals surface area contributed by atoms with Crippen LogP contribution in [0, 0.1) is 0 Å². The van der Waals surface area contributed by atoms with Crippen molar-refractivity contribution in [3.05, 3.63) is 42.6 Å². The van der Waals surface area contributed by atoms with E-state index in [1.807, 2.05) is 25.1 Å². The second kappa shape index (κ2) is 4.42. The highest BCUT2D eigenvalue weighted by molar-refractivity contribution is 5.70. The average molecular weight is 186 g/mol. The van der Waals surface area contributed by atoms with Gasteiger partial charge in [-0.3, -0.25) is 4.99 Å². The number of benzene rings is 1. The van der Waals surface area contributed by atoms with Crippen LogP contribution in [0.4, 0.5) is 11.4 Å². The van der Waals surface area contributed by atoms with Gasteiger partial charge in [0.2, 0.25) is 0 Å². The molecule has 0 saturated carbocycles. The van der Waals surface area contributed by atoms with Crippen molar-refractivity contribution in [1.82, 2.24) is 0 Å². The van der Waals surface area contributed by atoms with Crippen LogP contribution < -0.4 is 5.32 Å². The molecule has 0 aliphatic rings. The molecule has 0 unspecified atom stereocenters. The van der Waals surface area contributed by atoms with E-state index in [9.17, 15) is 0 Å². The summed E-state index contributed by atoms with van der Waals surface area (Å²) in [6, 6.07) is 5.80. The van der Waals surface area contributed by atoms with Crippen LogP contribution in [0.1, 0.15) is 12.5 Å². The lowest BCUT2D eigenvalue weighted by molar-refractivity contribution is 1.39. The second-order valence-electron chi connectivity index (χ2n) is 3.04. The largest absolute Gasteiger partial charge is 0.360 e. The number of allylic oxidation sites excluding steroid dienone is 1. The van der Waals surface area contributed by atoms with E-state index in [-0.39, 0.29) is 0 Å². The molecule has 1 aromatic rings. The number of anilines is 1. The fourth-order valence-corrected chi connectivity index (χ4v) is 1.19. The summed E-state index contributed by atoms with van der Waals surface area (Å²) in [6.45, 7) is 12.9. The Morgan fingerprint density at radius 2 is 2.21 bits per heavy atom. The highest BCUT2D eigenvalue weighted by atomic mass is 14.9. The normalized spacial score (nSPS) is 9.21. The molecule has 0 heterocycles. The molecule has 0 bridgehead atoms. The summed E-state index contributed by atoms with van der Waals surface area (Å²) in [5.74, 6) is 0. The topological polar surface area (TPSA) is 24.4 Å². The van der Waals surface area contributed by atoms with Gasteiger partial charge in [0.05, 0.1) is 5.69 Å². The van der Waals surface area contributed by atoms with Crippen molar-refractivity contribution in [3.63, 3.8) is 0 Å². The molecule has 1 N–H and O–H groups in total. The van der Waals surface area contributed by atoms with Gasteiger partial charge in [-0.2, -0.15) is 0 Å². The molecular formula is C12H14N2. The number of hydrogen-bond donors (Lipinski definition) is 1. The first kappa shape index (κ1) is 10.3. The lowest BCUT2D eigenvalue weighted by Crippen LogP contribution is -1.93. The van der Waals surface area contributed by atoms with Crippen molar-refractivity contribution in [2.24, 2.45) is 4.99 Å². The summed E-state index contributed by atoms with van der Waals surface area (Å²) in [5, 5.41) is 3.13. The van der Waals surface area contributed by atoms with Gasteiger partial charge in [0.1, 0.15) is 0 Å². The Bertz CT molecular complexity index is 378. The van der Waals surface area contributed by atoms with Gasteiger partial charge < -0.3 is 5.32 Å². The van der Waals surface area contributed by atoms with E-state index in [4.69, 9.17) is 0 Å². The van der Waals surface area contributed by atoms with Gasteiger partial charge in [-0.1, -0.05) is 19.2 Å². The molecule has 2 nitrogen and oxygen atoms in total. The summed E-state index contributed by atoms with van der Waals surface area (Å²) < 4.78 is 0. The van der Waals surface area contributed by atoms with Gasteiger partial charge in [-0.25, -0.2) is 0 Å². The number of nitrogens with zero attached hydrogens (tertiary/aromatic N) is 1. The second-order valence-corrected chi connectivity index (χ2v) is 3.04. The van der Waals surface area contributed by atoms with E-state index in [1.54, 1.807) is 6.08 Å². The van der Waals surface area contributed by atoms with Crippen molar-refractivity contribution in [2.45, 2.75) is 6.92 Å². The third-order valence-corrected chi connectivity index (χ3v) is 1.78. The molecule has 0 atom stereocenters. The van der Waals surface area contributed by atoms with Crippen LogP contribution in [-0.4, -0.2) is 6.72 Å². The van der Waals surface area contributed by atoms with E-state index in [0.717, 1.165) is 22.6 Å². The van der Waals surface area contributed by atoms with Crippen molar-refractivity contribution in [1.29, 1.82) is 0 Å². The zero-order valence-corrected chi connectivity index (χ0v) is 8.38. The van der Waals surface area contributed by atoms with Crippen LogP contribution in [0.2, 0.25) is 0 Å². The number of nitrogens with one attached hydrogen (secondary N) is 1. The number of hydrogen-bond acceptors (Lipinski definition) is 2. The molecule has 0 saturated heterocycles. The molecule has 14 heavy (non-hydrogen) atoms. The summed E-state index contributed by atoms with van der Waals surface area (Å²) in [7, 11) is 0. The summed E-state index contributed by atoms with van der Waals surface area (Å²) in [5.41, 5.74) is 3.69. The SMILES string of the molecule is C=Cc1cc(NC(=C)C)ccc1N=C. The van der Waals surface area contributed by atoms with Gasteiger partial charge >= 0.3 is 0 Å². The number of aliphatic imine (C=N–C) groups is 1. The lowest BCUT2D eigenvalue weighted by Gasteiger charge is -2.07. The van der Waals surface area contributed by atoms with Gasteiger partial charge in [0, 0.05) is 16.9 Å². The predicted octanol–water partition coefficient (Wildman–Crippen LogP) is 3.61. The molecule has 2 heteroatoms. The lowest BCUT2D eigenvalue weighted by atomic mass is 10.1. The first-order valence-corrected chi connectivity index (χ1v) is 4.33. The van der Waals surface area contributed by atoms with Crippen LogP contribution in [-0.2, 0) is 0 Å². The van der Waals surface area contributed by atoms with Gasteiger partial charge in [-0.15, -0.1) is 0 Å². The van der Waals surface area contributed by atoms with Crippen LogP contribution in [0.3, 0.4) is 0 Å². The highest BCUT2D eigenvalue weighted by Crippen LogP contribution is 2.24. The minimum absolute atomic E-state index is 0.840. The molecule has 72 valence electrons. The molecular weight excluding hydrogens is 172 g/mol. The van der Waals surface area contributed by atoms with Crippen molar-refractivity contribution < 1.29 is 0 Å². The minimum atomic E-state index is 0.840. The van der Waals surface area contributed by atoms with Gasteiger partial charge in [0.15, 0.2) is 0 Å². The molecule has 0 aliphatic carbocycles. The fourth-order valence-electron chi connectivity index (χ4n) is 1.19. The van der Waals surface area contributed by atoms with Crippen LogP contribution >= 0.6 is 0 Å². The standard InChI is InChI=1S/C12H14N2/c1-5-10-8-11(14-9(2)3)6-7-12(10)13-4/h5-8,14H,1-2,4H2,3H3. The monoisotopic (exact) mass is 186 g/mol. The zero-order chi connectivity index (χ0) is 10.6. The molecule has 0 aromatic heterocycles. The zero-order valence-electron chi connectivity index (χ0n) is 8.38.